The van der Waals surface area contributed by atoms with Crippen LogP contribution in [0.1, 0.15) is 41.8 Å². The molecule has 0 amide bonds. The molecule has 1 saturated heterocycles. The molecule has 1 aliphatic rings. The van der Waals surface area contributed by atoms with Crippen LogP contribution in [0.2, 0.25) is 5.02 Å². The number of rotatable bonds is 6. The van der Waals surface area contributed by atoms with Crippen LogP contribution < -0.4 is 10.3 Å². The number of aromatic nitrogens is 2. The lowest BCUT2D eigenvalue weighted by molar-refractivity contribution is -0.169. The summed E-state index contributed by atoms with van der Waals surface area (Å²) in [5, 5.41) is 9.37. The standard InChI is InChI=1S/C19H20ClN3O4/c1-25-17-9-15(20)14(11-27-18-4-2-3-7-26-18)16(23-17)8-13-6-5-12(10-21)19(24)22-13/h5-6,9,18H,2-4,7-8,11H2,1H3,(H,22,24). The molecule has 2 aromatic rings. The van der Waals surface area contributed by atoms with Gasteiger partial charge in [-0.05, 0) is 31.4 Å². The number of aromatic amines is 1. The highest BCUT2D eigenvalue weighted by Gasteiger charge is 2.18. The molecule has 27 heavy (non-hydrogen) atoms. The molecular weight excluding hydrogens is 370 g/mol. The predicted molar refractivity (Wildman–Crippen MR) is 98.8 cm³/mol. The van der Waals surface area contributed by atoms with Gasteiger partial charge in [0, 0.05) is 30.4 Å². The Morgan fingerprint density at radius 3 is 2.96 bits per heavy atom. The van der Waals surface area contributed by atoms with E-state index in [0.29, 0.717) is 35.3 Å². The minimum atomic E-state index is -0.433. The van der Waals surface area contributed by atoms with Crippen molar-refractivity contribution in [2.24, 2.45) is 0 Å². The summed E-state index contributed by atoms with van der Waals surface area (Å²) >= 11 is 6.42. The number of nitrogens with one attached hydrogen (secondary N) is 1. The average Bonchev–Trinajstić information content (AvgIpc) is 2.68. The van der Waals surface area contributed by atoms with E-state index in [9.17, 15) is 4.79 Å². The van der Waals surface area contributed by atoms with Crippen molar-refractivity contribution < 1.29 is 14.2 Å². The van der Waals surface area contributed by atoms with E-state index in [4.69, 9.17) is 31.1 Å². The third kappa shape index (κ3) is 4.86. The Bertz CT molecular complexity index is 901. The van der Waals surface area contributed by atoms with E-state index >= 15 is 0 Å². The van der Waals surface area contributed by atoms with Gasteiger partial charge in [0.2, 0.25) is 5.88 Å². The fraction of sp³-hybridized carbons (Fsp3) is 0.421. The van der Waals surface area contributed by atoms with Crippen molar-refractivity contribution >= 4 is 11.6 Å². The number of hydrogen-bond acceptors (Lipinski definition) is 6. The summed E-state index contributed by atoms with van der Waals surface area (Å²) in [6.45, 7) is 0.939. The number of ether oxygens (including phenoxy) is 3. The Kier molecular flexibility index (Phi) is 6.45. The van der Waals surface area contributed by atoms with Crippen LogP contribution in [0.25, 0.3) is 0 Å². The van der Waals surface area contributed by atoms with Crippen molar-refractivity contribution in [3.63, 3.8) is 0 Å². The molecule has 1 atom stereocenters. The Balaban J connectivity index is 1.85. The van der Waals surface area contributed by atoms with Gasteiger partial charge in [0.05, 0.1) is 24.4 Å². The molecule has 142 valence electrons. The minimum absolute atomic E-state index is 0.0633. The van der Waals surface area contributed by atoms with Gasteiger partial charge in [-0.1, -0.05) is 11.6 Å². The summed E-state index contributed by atoms with van der Waals surface area (Å²) in [5.74, 6) is 0.378. The van der Waals surface area contributed by atoms with Gasteiger partial charge in [0.15, 0.2) is 6.29 Å². The molecular formula is C19H20ClN3O4. The number of H-pyrrole nitrogens is 1. The van der Waals surface area contributed by atoms with Crippen LogP contribution >= 0.6 is 11.6 Å². The van der Waals surface area contributed by atoms with E-state index in [2.05, 4.69) is 9.97 Å². The first-order valence-electron chi connectivity index (χ1n) is 8.68. The number of nitriles is 1. The Labute approximate surface area is 161 Å². The van der Waals surface area contributed by atoms with Crippen molar-refractivity contribution in [3.8, 4) is 11.9 Å². The van der Waals surface area contributed by atoms with Crippen LogP contribution in [0.4, 0.5) is 0 Å². The van der Waals surface area contributed by atoms with Crippen LogP contribution in [0, 0.1) is 11.3 Å². The van der Waals surface area contributed by atoms with E-state index in [1.807, 2.05) is 6.07 Å². The van der Waals surface area contributed by atoms with Gasteiger partial charge in [0.25, 0.3) is 5.56 Å². The summed E-state index contributed by atoms with van der Waals surface area (Å²) < 4.78 is 16.7. The van der Waals surface area contributed by atoms with Gasteiger partial charge in [0.1, 0.15) is 11.6 Å². The van der Waals surface area contributed by atoms with Crippen LogP contribution in [0.3, 0.4) is 0 Å². The molecule has 1 fully saturated rings. The summed E-state index contributed by atoms with van der Waals surface area (Å²) in [5.41, 5.74) is 1.60. The maximum Gasteiger partial charge on any atom is 0.266 e. The lowest BCUT2D eigenvalue weighted by atomic mass is 10.1. The highest BCUT2D eigenvalue weighted by Crippen LogP contribution is 2.27. The minimum Gasteiger partial charge on any atom is -0.481 e. The van der Waals surface area contributed by atoms with E-state index in [1.165, 1.54) is 13.2 Å². The second kappa shape index (κ2) is 9.00. The van der Waals surface area contributed by atoms with Crippen molar-refractivity contribution in [3.05, 3.63) is 56.1 Å². The van der Waals surface area contributed by atoms with Gasteiger partial charge in [-0.2, -0.15) is 5.26 Å². The average molecular weight is 390 g/mol. The monoisotopic (exact) mass is 389 g/mol. The first-order chi connectivity index (χ1) is 13.1. The predicted octanol–water partition coefficient (Wildman–Crippen LogP) is 2.94. The molecule has 0 aromatic carbocycles. The number of methoxy groups -OCH3 is 1. The fourth-order valence-electron chi connectivity index (χ4n) is 2.87. The molecule has 0 aliphatic carbocycles. The number of pyridine rings is 2. The third-order valence-electron chi connectivity index (χ3n) is 4.34. The molecule has 1 N–H and O–H groups in total. The largest absolute Gasteiger partial charge is 0.481 e. The van der Waals surface area contributed by atoms with Crippen molar-refractivity contribution in [2.75, 3.05) is 13.7 Å². The van der Waals surface area contributed by atoms with Gasteiger partial charge in [-0.15, -0.1) is 0 Å². The molecule has 8 heteroatoms. The summed E-state index contributed by atoms with van der Waals surface area (Å²) in [6.07, 6.45) is 3.03. The molecule has 0 bridgehead atoms. The molecule has 2 aromatic heterocycles. The summed E-state index contributed by atoms with van der Waals surface area (Å²) in [7, 11) is 1.51. The number of hydrogen-bond donors (Lipinski definition) is 1. The van der Waals surface area contributed by atoms with Crippen molar-refractivity contribution in [2.45, 2.75) is 38.6 Å². The second-order valence-corrected chi connectivity index (χ2v) is 6.60. The molecule has 3 heterocycles. The van der Waals surface area contributed by atoms with Gasteiger partial charge >= 0.3 is 0 Å². The lowest BCUT2D eigenvalue weighted by Crippen LogP contribution is -2.22. The van der Waals surface area contributed by atoms with E-state index < -0.39 is 5.56 Å². The maximum atomic E-state index is 11.9. The first-order valence-corrected chi connectivity index (χ1v) is 9.06. The van der Waals surface area contributed by atoms with Crippen LogP contribution in [-0.4, -0.2) is 30.0 Å². The van der Waals surface area contributed by atoms with E-state index in [0.717, 1.165) is 24.8 Å². The molecule has 3 rings (SSSR count). The number of nitrogens with zero attached hydrogens (tertiary/aromatic N) is 2. The normalized spacial score (nSPS) is 16.7. The second-order valence-electron chi connectivity index (χ2n) is 6.19. The molecule has 1 aliphatic heterocycles. The van der Waals surface area contributed by atoms with Gasteiger partial charge in [-0.25, -0.2) is 4.98 Å². The van der Waals surface area contributed by atoms with Crippen LogP contribution in [0.5, 0.6) is 5.88 Å². The highest BCUT2D eigenvalue weighted by molar-refractivity contribution is 6.31. The molecule has 0 spiro atoms. The van der Waals surface area contributed by atoms with E-state index in [1.54, 1.807) is 12.1 Å². The number of halogens is 1. The third-order valence-corrected chi connectivity index (χ3v) is 4.68. The highest BCUT2D eigenvalue weighted by atomic mass is 35.5. The fourth-order valence-corrected chi connectivity index (χ4v) is 3.13. The summed E-state index contributed by atoms with van der Waals surface area (Å²) in [4.78, 5) is 19.0. The Morgan fingerprint density at radius 1 is 1.44 bits per heavy atom. The zero-order valence-corrected chi connectivity index (χ0v) is 15.7. The van der Waals surface area contributed by atoms with Gasteiger partial charge in [-0.3, -0.25) is 4.79 Å². The smallest absolute Gasteiger partial charge is 0.266 e. The lowest BCUT2D eigenvalue weighted by Gasteiger charge is -2.23. The van der Waals surface area contributed by atoms with Gasteiger partial charge < -0.3 is 19.2 Å². The first kappa shape index (κ1) is 19.4. The zero-order chi connectivity index (χ0) is 19.2. The zero-order valence-electron chi connectivity index (χ0n) is 15.0. The summed E-state index contributed by atoms with van der Waals surface area (Å²) in [6, 6.07) is 6.65. The molecule has 0 radical (unpaired) electrons. The Hall–Kier alpha value is -2.40. The topological polar surface area (TPSA) is 97.2 Å². The SMILES string of the molecule is COc1cc(Cl)c(COC2CCCCO2)c(Cc2ccc(C#N)c(=O)[nH]2)n1. The maximum absolute atomic E-state index is 11.9. The van der Waals surface area contributed by atoms with E-state index in [-0.39, 0.29) is 18.5 Å². The quantitative estimate of drug-likeness (QED) is 0.815. The molecule has 1 unspecified atom stereocenters. The van der Waals surface area contributed by atoms with Crippen molar-refractivity contribution in [1.29, 1.82) is 5.26 Å². The molecule has 0 saturated carbocycles. The van der Waals surface area contributed by atoms with Crippen molar-refractivity contribution in [1.82, 2.24) is 9.97 Å². The van der Waals surface area contributed by atoms with Crippen LogP contribution in [-0.2, 0) is 22.5 Å². The molecule has 7 nitrogen and oxygen atoms in total. The Morgan fingerprint density at radius 2 is 2.30 bits per heavy atom. The van der Waals surface area contributed by atoms with Crippen LogP contribution in [0.15, 0.2) is 23.0 Å².